The lowest BCUT2D eigenvalue weighted by molar-refractivity contribution is 0.0299. The lowest BCUT2D eigenvalue weighted by Crippen LogP contribution is -2.29. The zero-order chi connectivity index (χ0) is 14.4. The molecule has 0 spiro atoms. The highest BCUT2D eigenvalue weighted by atomic mass is 79.9. The summed E-state index contributed by atoms with van der Waals surface area (Å²) in [5.74, 6) is -0.924. The molecule has 1 amide bonds. The first kappa shape index (κ1) is 15.4. The molecule has 0 saturated heterocycles. The number of rotatable bonds is 5. The summed E-state index contributed by atoms with van der Waals surface area (Å²) in [5, 5.41) is 2.68. The van der Waals surface area contributed by atoms with Crippen LogP contribution in [0.25, 0.3) is 0 Å². The first-order valence-corrected chi connectivity index (χ1v) is 7.81. The van der Waals surface area contributed by atoms with Gasteiger partial charge in [-0.15, -0.1) is 0 Å². The number of carbonyl (C=O) groups is 1. The fraction of sp³-hybridized carbons (Fsp3) is 0.533. The van der Waals surface area contributed by atoms with Crippen molar-refractivity contribution < 1.29 is 13.9 Å². The van der Waals surface area contributed by atoms with Crippen LogP contribution in [0.3, 0.4) is 0 Å². The molecule has 0 aliphatic heterocycles. The molecular formula is C15H19BrFNO2. The first-order valence-electron chi connectivity index (χ1n) is 7.01. The van der Waals surface area contributed by atoms with E-state index in [9.17, 15) is 9.18 Å². The van der Waals surface area contributed by atoms with Crippen LogP contribution in [-0.2, 0) is 4.74 Å². The monoisotopic (exact) mass is 343 g/mol. The van der Waals surface area contributed by atoms with Gasteiger partial charge in [0, 0.05) is 11.0 Å². The maximum Gasteiger partial charge on any atom is 0.254 e. The van der Waals surface area contributed by atoms with E-state index in [-0.39, 0.29) is 5.56 Å². The number of amides is 1. The Kier molecular flexibility index (Phi) is 5.98. The van der Waals surface area contributed by atoms with E-state index < -0.39 is 11.7 Å². The highest BCUT2D eigenvalue weighted by molar-refractivity contribution is 9.10. The molecule has 2 rings (SSSR count). The van der Waals surface area contributed by atoms with Gasteiger partial charge in [0.2, 0.25) is 0 Å². The molecule has 1 saturated carbocycles. The predicted octanol–water partition coefficient (Wildman–Crippen LogP) is 3.67. The van der Waals surface area contributed by atoms with Crippen LogP contribution in [0.5, 0.6) is 0 Å². The van der Waals surface area contributed by atoms with Crippen molar-refractivity contribution in [3.8, 4) is 0 Å². The number of ether oxygens (including phenoxy) is 1. The van der Waals surface area contributed by atoms with Gasteiger partial charge in [-0.05, 0) is 31.0 Å². The minimum absolute atomic E-state index is 0.0610. The van der Waals surface area contributed by atoms with Crippen molar-refractivity contribution in [2.45, 2.75) is 38.2 Å². The van der Waals surface area contributed by atoms with Crippen LogP contribution in [0.4, 0.5) is 4.39 Å². The van der Waals surface area contributed by atoms with E-state index in [2.05, 4.69) is 21.2 Å². The van der Waals surface area contributed by atoms with Crippen molar-refractivity contribution in [1.29, 1.82) is 0 Å². The zero-order valence-electron chi connectivity index (χ0n) is 11.3. The van der Waals surface area contributed by atoms with E-state index >= 15 is 0 Å². The SMILES string of the molecule is O=C(NCCOC1CCCCC1)c1ccc(Br)cc1F. The van der Waals surface area contributed by atoms with Gasteiger partial charge >= 0.3 is 0 Å². The molecular weight excluding hydrogens is 325 g/mol. The highest BCUT2D eigenvalue weighted by Gasteiger charge is 2.14. The van der Waals surface area contributed by atoms with E-state index in [1.807, 2.05) is 0 Å². The van der Waals surface area contributed by atoms with Gasteiger partial charge in [0.25, 0.3) is 5.91 Å². The van der Waals surface area contributed by atoms with Crippen LogP contribution >= 0.6 is 15.9 Å². The number of nitrogens with one attached hydrogen (secondary N) is 1. The third-order valence-corrected chi connectivity index (χ3v) is 3.96. The normalized spacial score (nSPS) is 16.1. The molecule has 0 radical (unpaired) electrons. The zero-order valence-corrected chi connectivity index (χ0v) is 12.9. The summed E-state index contributed by atoms with van der Waals surface area (Å²) < 4.78 is 19.9. The quantitative estimate of drug-likeness (QED) is 0.828. The summed E-state index contributed by atoms with van der Waals surface area (Å²) in [4.78, 5) is 11.8. The van der Waals surface area contributed by atoms with E-state index in [4.69, 9.17) is 4.74 Å². The van der Waals surface area contributed by atoms with Gasteiger partial charge in [-0.2, -0.15) is 0 Å². The van der Waals surface area contributed by atoms with Crippen LogP contribution in [0.2, 0.25) is 0 Å². The summed E-state index contributed by atoms with van der Waals surface area (Å²) >= 11 is 3.16. The number of hydrogen-bond donors (Lipinski definition) is 1. The van der Waals surface area contributed by atoms with Gasteiger partial charge in [0.1, 0.15) is 5.82 Å². The van der Waals surface area contributed by atoms with Gasteiger partial charge in [0.15, 0.2) is 0 Å². The molecule has 0 bridgehead atoms. The fourth-order valence-corrected chi connectivity index (χ4v) is 2.72. The molecule has 0 atom stereocenters. The third kappa shape index (κ3) is 4.56. The number of benzene rings is 1. The smallest absolute Gasteiger partial charge is 0.254 e. The van der Waals surface area contributed by atoms with E-state index in [0.29, 0.717) is 23.7 Å². The molecule has 1 aliphatic rings. The van der Waals surface area contributed by atoms with Crippen LogP contribution < -0.4 is 5.32 Å². The summed E-state index contributed by atoms with van der Waals surface area (Å²) in [6, 6.07) is 4.40. The lowest BCUT2D eigenvalue weighted by atomic mass is 9.98. The Labute approximate surface area is 127 Å². The van der Waals surface area contributed by atoms with Crippen molar-refractivity contribution in [1.82, 2.24) is 5.32 Å². The Hall–Kier alpha value is -0.940. The summed E-state index contributed by atoms with van der Waals surface area (Å²) in [5.41, 5.74) is 0.0610. The van der Waals surface area contributed by atoms with Gasteiger partial charge < -0.3 is 10.1 Å². The Morgan fingerprint density at radius 2 is 2.10 bits per heavy atom. The van der Waals surface area contributed by atoms with Crippen LogP contribution in [0.1, 0.15) is 42.5 Å². The van der Waals surface area contributed by atoms with E-state index in [1.54, 1.807) is 6.07 Å². The van der Waals surface area contributed by atoms with Crippen molar-refractivity contribution in [2.24, 2.45) is 0 Å². The minimum atomic E-state index is -0.523. The van der Waals surface area contributed by atoms with Crippen molar-refractivity contribution in [3.05, 3.63) is 34.1 Å². The van der Waals surface area contributed by atoms with Crippen LogP contribution in [-0.4, -0.2) is 25.2 Å². The maximum atomic E-state index is 13.6. The maximum absolute atomic E-state index is 13.6. The second-order valence-electron chi connectivity index (χ2n) is 5.01. The molecule has 3 nitrogen and oxygen atoms in total. The molecule has 1 N–H and O–H groups in total. The summed E-state index contributed by atoms with van der Waals surface area (Å²) in [6.45, 7) is 0.888. The van der Waals surface area contributed by atoms with Crippen molar-refractivity contribution >= 4 is 21.8 Å². The Morgan fingerprint density at radius 1 is 1.35 bits per heavy atom. The van der Waals surface area contributed by atoms with Gasteiger partial charge in [-0.25, -0.2) is 4.39 Å². The molecule has 5 heteroatoms. The van der Waals surface area contributed by atoms with Crippen molar-refractivity contribution in [2.75, 3.05) is 13.2 Å². The molecule has 0 unspecified atom stereocenters. The Morgan fingerprint density at radius 3 is 2.80 bits per heavy atom. The number of carbonyl (C=O) groups excluding carboxylic acids is 1. The molecule has 0 heterocycles. The average Bonchev–Trinajstić information content (AvgIpc) is 2.44. The second kappa shape index (κ2) is 7.74. The highest BCUT2D eigenvalue weighted by Crippen LogP contribution is 2.20. The lowest BCUT2D eigenvalue weighted by Gasteiger charge is -2.22. The largest absolute Gasteiger partial charge is 0.376 e. The Balaban J connectivity index is 1.72. The standard InChI is InChI=1S/C15H19BrFNO2/c16-11-6-7-13(14(17)10-11)15(19)18-8-9-20-12-4-2-1-3-5-12/h6-7,10,12H,1-5,8-9H2,(H,18,19). The number of halogens is 2. The van der Waals surface area contributed by atoms with Gasteiger partial charge in [0.05, 0.1) is 18.3 Å². The van der Waals surface area contributed by atoms with Crippen molar-refractivity contribution in [3.63, 3.8) is 0 Å². The van der Waals surface area contributed by atoms with Crippen LogP contribution in [0.15, 0.2) is 22.7 Å². The van der Waals surface area contributed by atoms with Gasteiger partial charge in [-0.1, -0.05) is 35.2 Å². The molecule has 20 heavy (non-hydrogen) atoms. The second-order valence-corrected chi connectivity index (χ2v) is 5.93. The predicted molar refractivity (Wildman–Crippen MR) is 79.3 cm³/mol. The fourth-order valence-electron chi connectivity index (χ4n) is 2.39. The first-order chi connectivity index (χ1) is 9.66. The molecule has 1 aromatic rings. The number of hydrogen-bond acceptors (Lipinski definition) is 2. The molecule has 0 aromatic heterocycles. The molecule has 1 fully saturated rings. The van der Waals surface area contributed by atoms with Gasteiger partial charge in [-0.3, -0.25) is 4.79 Å². The Bertz CT molecular complexity index is 461. The molecule has 1 aliphatic carbocycles. The molecule has 110 valence electrons. The summed E-state index contributed by atoms with van der Waals surface area (Å²) in [6.07, 6.45) is 6.27. The third-order valence-electron chi connectivity index (χ3n) is 3.47. The topological polar surface area (TPSA) is 38.3 Å². The van der Waals surface area contributed by atoms with E-state index in [1.165, 1.54) is 31.4 Å². The minimum Gasteiger partial charge on any atom is -0.376 e. The average molecular weight is 344 g/mol. The van der Waals surface area contributed by atoms with E-state index in [0.717, 1.165) is 12.8 Å². The summed E-state index contributed by atoms with van der Waals surface area (Å²) in [7, 11) is 0. The molecule has 1 aromatic carbocycles. The van der Waals surface area contributed by atoms with Crippen LogP contribution in [0, 0.1) is 5.82 Å².